The maximum absolute atomic E-state index is 13.3. The van der Waals surface area contributed by atoms with Gasteiger partial charge in [-0.25, -0.2) is 9.37 Å². The topological polar surface area (TPSA) is 44.9 Å². The van der Waals surface area contributed by atoms with Gasteiger partial charge < -0.3 is 14.6 Å². The van der Waals surface area contributed by atoms with Crippen molar-refractivity contribution in [3.63, 3.8) is 0 Å². The molecule has 0 aliphatic heterocycles. The van der Waals surface area contributed by atoms with Crippen molar-refractivity contribution >= 4 is 11.6 Å². The van der Waals surface area contributed by atoms with Gasteiger partial charge in [-0.1, -0.05) is 18.2 Å². The van der Waals surface area contributed by atoms with Crippen LogP contribution in [-0.4, -0.2) is 34.3 Å². The lowest BCUT2D eigenvalue weighted by Gasteiger charge is -2.21. The highest BCUT2D eigenvalue weighted by Gasteiger charge is 2.09. The second-order valence-electron chi connectivity index (χ2n) is 6.01. The van der Waals surface area contributed by atoms with E-state index >= 15 is 0 Å². The zero-order valence-corrected chi connectivity index (χ0v) is 14.7. The summed E-state index contributed by atoms with van der Waals surface area (Å²) < 4.78 is 15.4. The largest absolute Gasteiger partial charge is 0.351 e. The van der Waals surface area contributed by atoms with Crippen molar-refractivity contribution in [3.05, 3.63) is 71.4 Å². The SMILES string of the molecule is CN=C(NCc1cn2c(C)cccc2n1)N(C)Cc1cccc(F)c1. The maximum Gasteiger partial charge on any atom is 0.194 e. The third-order valence-electron chi connectivity index (χ3n) is 4.06. The number of imidazole rings is 1. The van der Waals surface area contributed by atoms with E-state index in [9.17, 15) is 4.39 Å². The molecule has 3 rings (SSSR count). The van der Waals surface area contributed by atoms with E-state index in [1.54, 1.807) is 13.1 Å². The van der Waals surface area contributed by atoms with E-state index < -0.39 is 0 Å². The van der Waals surface area contributed by atoms with Gasteiger partial charge in [-0.3, -0.25) is 4.99 Å². The zero-order chi connectivity index (χ0) is 17.8. The number of hydrogen-bond acceptors (Lipinski definition) is 2. The molecular formula is C19H22FN5. The van der Waals surface area contributed by atoms with Crippen molar-refractivity contribution in [2.24, 2.45) is 4.99 Å². The molecule has 2 heterocycles. The molecule has 0 fully saturated rings. The molecule has 0 amide bonds. The first kappa shape index (κ1) is 17.0. The fourth-order valence-corrected chi connectivity index (χ4v) is 2.82. The van der Waals surface area contributed by atoms with Crippen molar-refractivity contribution < 1.29 is 4.39 Å². The van der Waals surface area contributed by atoms with Crippen LogP contribution in [0.5, 0.6) is 0 Å². The lowest BCUT2D eigenvalue weighted by atomic mass is 10.2. The van der Waals surface area contributed by atoms with Crippen molar-refractivity contribution in [1.82, 2.24) is 19.6 Å². The zero-order valence-electron chi connectivity index (χ0n) is 14.7. The Morgan fingerprint density at radius 1 is 1.28 bits per heavy atom. The Bertz CT molecular complexity index is 900. The highest BCUT2D eigenvalue weighted by Crippen LogP contribution is 2.09. The summed E-state index contributed by atoms with van der Waals surface area (Å²) >= 11 is 0. The Hall–Kier alpha value is -2.89. The Balaban J connectivity index is 1.66. The van der Waals surface area contributed by atoms with E-state index in [1.165, 1.54) is 12.1 Å². The van der Waals surface area contributed by atoms with E-state index in [4.69, 9.17) is 0 Å². The summed E-state index contributed by atoms with van der Waals surface area (Å²) in [6, 6.07) is 12.6. The minimum absolute atomic E-state index is 0.228. The molecule has 0 aliphatic rings. The van der Waals surface area contributed by atoms with Crippen molar-refractivity contribution in [3.8, 4) is 0 Å². The van der Waals surface area contributed by atoms with Crippen LogP contribution < -0.4 is 5.32 Å². The van der Waals surface area contributed by atoms with Gasteiger partial charge in [0.25, 0.3) is 0 Å². The van der Waals surface area contributed by atoms with Crippen molar-refractivity contribution in [2.45, 2.75) is 20.0 Å². The second kappa shape index (κ2) is 7.34. The molecule has 25 heavy (non-hydrogen) atoms. The first-order valence-electron chi connectivity index (χ1n) is 8.16. The smallest absolute Gasteiger partial charge is 0.194 e. The van der Waals surface area contributed by atoms with Gasteiger partial charge in [0.15, 0.2) is 5.96 Å². The standard InChI is InChI=1S/C19H22FN5/c1-14-6-4-9-18-23-17(13-25(14)18)11-22-19(21-2)24(3)12-15-7-5-8-16(20)10-15/h4-10,13H,11-12H2,1-3H3,(H,21,22). The van der Waals surface area contributed by atoms with Crippen LogP contribution in [0.25, 0.3) is 5.65 Å². The van der Waals surface area contributed by atoms with E-state index in [-0.39, 0.29) is 5.82 Å². The number of benzene rings is 1. The number of aliphatic imine (C=N–C) groups is 1. The molecule has 0 spiro atoms. The Kier molecular flexibility index (Phi) is 4.97. The van der Waals surface area contributed by atoms with Gasteiger partial charge in [-0.2, -0.15) is 0 Å². The van der Waals surface area contributed by atoms with E-state index in [0.29, 0.717) is 13.1 Å². The molecule has 1 N–H and O–H groups in total. The van der Waals surface area contributed by atoms with Gasteiger partial charge in [0.1, 0.15) is 11.5 Å². The average Bonchev–Trinajstić information content (AvgIpc) is 3.00. The Morgan fingerprint density at radius 2 is 2.08 bits per heavy atom. The Labute approximate surface area is 146 Å². The van der Waals surface area contributed by atoms with Crippen LogP contribution >= 0.6 is 0 Å². The van der Waals surface area contributed by atoms with Gasteiger partial charge in [-0.15, -0.1) is 0 Å². The van der Waals surface area contributed by atoms with E-state index in [1.807, 2.05) is 36.3 Å². The highest BCUT2D eigenvalue weighted by atomic mass is 19.1. The summed E-state index contributed by atoms with van der Waals surface area (Å²) in [4.78, 5) is 10.9. The fraction of sp³-hybridized carbons (Fsp3) is 0.263. The summed E-state index contributed by atoms with van der Waals surface area (Å²) in [6.45, 7) is 3.20. The lowest BCUT2D eigenvalue weighted by molar-refractivity contribution is 0.474. The predicted molar refractivity (Wildman–Crippen MR) is 98.0 cm³/mol. The normalized spacial score (nSPS) is 11.8. The second-order valence-corrected chi connectivity index (χ2v) is 6.01. The number of guanidine groups is 1. The van der Waals surface area contributed by atoms with E-state index in [0.717, 1.165) is 28.6 Å². The number of aryl methyl sites for hydroxylation is 1. The number of fused-ring (bicyclic) bond motifs is 1. The number of nitrogens with one attached hydrogen (secondary N) is 1. The molecule has 0 saturated heterocycles. The van der Waals surface area contributed by atoms with Crippen molar-refractivity contribution in [2.75, 3.05) is 14.1 Å². The lowest BCUT2D eigenvalue weighted by Crippen LogP contribution is -2.38. The summed E-state index contributed by atoms with van der Waals surface area (Å²) in [5.41, 5.74) is 3.91. The third kappa shape index (κ3) is 3.96. The van der Waals surface area contributed by atoms with E-state index in [2.05, 4.69) is 32.7 Å². The van der Waals surface area contributed by atoms with Crippen molar-refractivity contribution in [1.29, 1.82) is 0 Å². The summed E-state index contributed by atoms with van der Waals surface area (Å²) in [5.74, 6) is 0.506. The third-order valence-corrected chi connectivity index (χ3v) is 4.06. The molecule has 0 saturated carbocycles. The molecule has 0 aliphatic carbocycles. The summed E-state index contributed by atoms with van der Waals surface area (Å²) in [6.07, 6.45) is 2.03. The minimum Gasteiger partial charge on any atom is -0.351 e. The molecule has 0 unspecified atom stereocenters. The van der Waals surface area contributed by atoms with Gasteiger partial charge in [0, 0.05) is 32.5 Å². The minimum atomic E-state index is -0.228. The predicted octanol–water partition coefficient (Wildman–Crippen LogP) is 2.99. The van der Waals surface area contributed by atoms with Gasteiger partial charge in [0.05, 0.1) is 12.2 Å². The number of halogens is 1. The number of nitrogens with zero attached hydrogens (tertiary/aromatic N) is 4. The monoisotopic (exact) mass is 339 g/mol. The molecule has 5 nitrogen and oxygen atoms in total. The van der Waals surface area contributed by atoms with Crippen LogP contribution in [-0.2, 0) is 13.1 Å². The highest BCUT2D eigenvalue weighted by molar-refractivity contribution is 5.79. The first-order chi connectivity index (χ1) is 12.1. The van der Waals surface area contributed by atoms with Crippen LogP contribution in [0, 0.1) is 12.7 Å². The molecule has 6 heteroatoms. The van der Waals surface area contributed by atoms with Gasteiger partial charge >= 0.3 is 0 Å². The number of aromatic nitrogens is 2. The van der Waals surface area contributed by atoms with Crippen LogP contribution in [0.3, 0.4) is 0 Å². The van der Waals surface area contributed by atoms with Gasteiger partial charge in [0.2, 0.25) is 0 Å². The molecule has 130 valence electrons. The van der Waals surface area contributed by atoms with Crippen LogP contribution in [0.15, 0.2) is 53.7 Å². The molecule has 1 aromatic carbocycles. The quantitative estimate of drug-likeness (QED) is 0.587. The summed E-state index contributed by atoms with van der Waals surface area (Å²) in [5, 5.41) is 3.31. The van der Waals surface area contributed by atoms with Gasteiger partial charge in [-0.05, 0) is 36.8 Å². The number of hydrogen-bond donors (Lipinski definition) is 1. The maximum atomic E-state index is 13.3. The number of pyridine rings is 1. The molecule has 0 atom stereocenters. The molecule has 2 aromatic heterocycles. The van der Waals surface area contributed by atoms with Crippen LogP contribution in [0.4, 0.5) is 4.39 Å². The average molecular weight is 339 g/mol. The molecular weight excluding hydrogens is 317 g/mol. The number of rotatable bonds is 4. The molecule has 0 radical (unpaired) electrons. The van der Waals surface area contributed by atoms with Crippen LogP contribution in [0.2, 0.25) is 0 Å². The van der Waals surface area contributed by atoms with Crippen LogP contribution in [0.1, 0.15) is 17.0 Å². The molecule has 3 aromatic rings. The first-order valence-corrected chi connectivity index (χ1v) is 8.16. The summed E-state index contributed by atoms with van der Waals surface area (Å²) in [7, 11) is 3.66. The molecule has 0 bridgehead atoms. The fourth-order valence-electron chi connectivity index (χ4n) is 2.82. The Morgan fingerprint density at radius 3 is 2.80 bits per heavy atom.